The van der Waals surface area contributed by atoms with E-state index in [1.54, 1.807) is 11.3 Å². The molecule has 1 N–H and O–H groups in total. The van der Waals surface area contributed by atoms with E-state index < -0.39 is 4.92 Å². The van der Waals surface area contributed by atoms with Crippen LogP contribution in [0.4, 0.5) is 5.69 Å². The summed E-state index contributed by atoms with van der Waals surface area (Å²) in [5.74, 6) is 0.427. The smallest absolute Gasteiger partial charge is 0.280 e. The van der Waals surface area contributed by atoms with Gasteiger partial charge in [0.1, 0.15) is 0 Å². The number of nitro benzene ring substituents is 1. The summed E-state index contributed by atoms with van der Waals surface area (Å²) in [5.41, 5.74) is 1.21. The highest BCUT2D eigenvalue weighted by molar-refractivity contribution is 7.12. The zero-order valence-electron chi connectivity index (χ0n) is 14.6. The average Bonchev–Trinajstić information content (AvgIpc) is 3.16. The molecular weight excluding hydrogens is 356 g/mol. The molecule has 2 aromatic rings. The highest BCUT2D eigenvalue weighted by atomic mass is 32.1. The SMILES string of the molecule is Cc1cc(C(C)NC(=O)C=Cc2cc3c(cc2[N+](=O)[O-])OCO3)c(C)s1. The van der Waals surface area contributed by atoms with Crippen molar-refractivity contribution >= 4 is 29.0 Å². The number of carbonyl (C=O) groups is 1. The summed E-state index contributed by atoms with van der Waals surface area (Å²) in [6, 6.07) is 4.71. The highest BCUT2D eigenvalue weighted by Gasteiger charge is 2.22. The van der Waals surface area contributed by atoms with Gasteiger partial charge in [-0.1, -0.05) is 0 Å². The molecule has 7 nitrogen and oxygen atoms in total. The van der Waals surface area contributed by atoms with E-state index in [1.807, 2.05) is 20.8 Å². The van der Waals surface area contributed by atoms with Crippen LogP contribution in [0.15, 0.2) is 24.3 Å². The van der Waals surface area contributed by atoms with Gasteiger partial charge in [-0.05, 0) is 44.5 Å². The normalized spacial score (nSPS) is 13.8. The summed E-state index contributed by atoms with van der Waals surface area (Å²) in [7, 11) is 0. The Hall–Kier alpha value is -2.87. The number of nitrogens with one attached hydrogen (secondary N) is 1. The van der Waals surface area contributed by atoms with Crippen molar-refractivity contribution in [3.8, 4) is 11.5 Å². The van der Waals surface area contributed by atoms with E-state index in [9.17, 15) is 14.9 Å². The Morgan fingerprint density at radius 3 is 2.62 bits per heavy atom. The van der Waals surface area contributed by atoms with E-state index in [0.717, 1.165) is 10.4 Å². The molecule has 136 valence electrons. The van der Waals surface area contributed by atoms with Gasteiger partial charge < -0.3 is 14.8 Å². The van der Waals surface area contributed by atoms with Gasteiger partial charge in [0.15, 0.2) is 11.5 Å². The number of ether oxygens (including phenoxy) is 2. The van der Waals surface area contributed by atoms with Gasteiger partial charge in [-0.25, -0.2) is 0 Å². The molecule has 0 aliphatic carbocycles. The fourth-order valence-electron chi connectivity index (χ4n) is 2.82. The van der Waals surface area contributed by atoms with Crippen molar-refractivity contribution in [3.05, 3.63) is 55.3 Å². The topological polar surface area (TPSA) is 90.7 Å². The third-order valence-electron chi connectivity index (χ3n) is 4.04. The Balaban J connectivity index is 1.76. The molecule has 1 aromatic carbocycles. The molecule has 0 fully saturated rings. The van der Waals surface area contributed by atoms with E-state index in [2.05, 4.69) is 11.4 Å². The van der Waals surface area contributed by atoms with Crippen molar-refractivity contribution in [1.82, 2.24) is 5.32 Å². The molecule has 1 unspecified atom stereocenters. The van der Waals surface area contributed by atoms with Crippen LogP contribution in [0.25, 0.3) is 6.08 Å². The second kappa shape index (κ2) is 7.17. The first-order chi connectivity index (χ1) is 12.3. The predicted octanol–water partition coefficient (Wildman–Crippen LogP) is 3.89. The Morgan fingerprint density at radius 2 is 2.00 bits per heavy atom. The van der Waals surface area contributed by atoms with Gasteiger partial charge in [0.2, 0.25) is 12.7 Å². The van der Waals surface area contributed by atoms with Gasteiger partial charge >= 0.3 is 0 Å². The number of nitro groups is 1. The zero-order chi connectivity index (χ0) is 18.8. The second-order valence-electron chi connectivity index (χ2n) is 5.95. The lowest BCUT2D eigenvalue weighted by atomic mass is 10.1. The van der Waals surface area contributed by atoms with Crippen molar-refractivity contribution in [2.24, 2.45) is 0 Å². The van der Waals surface area contributed by atoms with Gasteiger partial charge in [0.25, 0.3) is 5.69 Å². The zero-order valence-corrected chi connectivity index (χ0v) is 15.4. The van der Waals surface area contributed by atoms with Crippen LogP contribution in [0.1, 0.15) is 33.8 Å². The quantitative estimate of drug-likeness (QED) is 0.487. The number of amides is 1. The van der Waals surface area contributed by atoms with Crippen molar-refractivity contribution in [1.29, 1.82) is 0 Å². The van der Waals surface area contributed by atoms with E-state index in [-0.39, 0.29) is 30.0 Å². The van der Waals surface area contributed by atoms with Crippen LogP contribution in [0.3, 0.4) is 0 Å². The van der Waals surface area contributed by atoms with E-state index in [1.165, 1.54) is 29.2 Å². The van der Waals surface area contributed by atoms with Gasteiger partial charge in [0, 0.05) is 15.8 Å². The van der Waals surface area contributed by atoms with Crippen LogP contribution in [-0.4, -0.2) is 17.6 Å². The molecule has 0 spiro atoms. The first kappa shape index (κ1) is 17.9. The minimum atomic E-state index is -0.514. The van der Waals surface area contributed by atoms with Gasteiger partial charge in [-0.2, -0.15) is 0 Å². The first-order valence-corrected chi connectivity index (χ1v) is 8.80. The molecule has 1 aromatic heterocycles. The Bertz CT molecular complexity index is 903. The second-order valence-corrected chi connectivity index (χ2v) is 7.41. The van der Waals surface area contributed by atoms with Crippen LogP contribution in [0, 0.1) is 24.0 Å². The minimum absolute atomic E-state index is 0.0249. The molecule has 0 saturated heterocycles. The summed E-state index contributed by atoms with van der Waals surface area (Å²) < 4.78 is 10.4. The first-order valence-electron chi connectivity index (χ1n) is 7.98. The molecular formula is C18H18N2O5S. The van der Waals surface area contributed by atoms with Crippen molar-refractivity contribution in [2.45, 2.75) is 26.8 Å². The van der Waals surface area contributed by atoms with Gasteiger partial charge in [-0.15, -0.1) is 11.3 Å². The number of carbonyl (C=O) groups excluding carboxylic acids is 1. The fraction of sp³-hybridized carbons (Fsp3) is 0.278. The summed E-state index contributed by atoms with van der Waals surface area (Å²) >= 11 is 1.68. The molecule has 1 atom stereocenters. The molecule has 0 saturated carbocycles. The monoisotopic (exact) mass is 374 g/mol. The third-order valence-corrected chi connectivity index (χ3v) is 5.02. The number of benzene rings is 1. The van der Waals surface area contributed by atoms with E-state index in [4.69, 9.17) is 9.47 Å². The highest BCUT2D eigenvalue weighted by Crippen LogP contribution is 2.38. The number of hydrogen-bond acceptors (Lipinski definition) is 6. The standard InChI is InChI=1S/C18H18N2O5S/c1-10-6-14(12(3)26-10)11(2)19-18(21)5-4-13-7-16-17(25-9-24-16)8-15(13)20(22)23/h4-8,11H,9H2,1-3H3,(H,19,21). The molecule has 26 heavy (non-hydrogen) atoms. The van der Waals surface area contributed by atoms with Gasteiger partial charge in [0.05, 0.1) is 22.6 Å². The Labute approximate surface area is 154 Å². The molecule has 8 heteroatoms. The van der Waals surface area contributed by atoms with Crippen LogP contribution in [0.5, 0.6) is 11.5 Å². The van der Waals surface area contributed by atoms with Crippen LogP contribution >= 0.6 is 11.3 Å². The summed E-state index contributed by atoms with van der Waals surface area (Å²) in [6.45, 7) is 5.97. The van der Waals surface area contributed by atoms with Crippen molar-refractivity contribution in [2.75, 3.05) is 6.79 Å². The Morgan fingerprint density at radius 1 is 1.31 bits per heavy atom. The molecule has 0 bridgehead atoms. The maximum absolute atomic E-state index is 12.2. The van der Waals surface area contributed by atoms with E-state index in [0.29, 0.717) is 11.5 Å². The minimum Gasteiger partial charge on any atom is -0.454 e. The van der Waals surface area contributed by atoms with Crippen LogP contribution in [0.2, 0.25) is 0 Å². The molecule has 0 radical (unpaired) electrons. The molecule has 3 rings (SSSR count). The predicted molar refractivity (Wildman–Crippen MR) is 98.6 cm³/mol. The number of rotatable bonds is 5. The number of nitrogens with zero attached hydrogens (tertiary/aromatic N) is 1. The lowest BCUT2D eigenvalue weighted by Crippen LogP contribution is -2.24. The molecule has 2 heterocycles. The van der Waals surface area contributed by atoms with E-state index >= 15 is 0 Å². The largest absolute Gasteiger partial charge is 0.454 e. The lowest BCUT2D eigenvalue weighted by molar-refractivity contribution is -0.385. The maximum Gasteiger partial charge on any atom is 0.280 e. The number of aryl methyl sites for hydroxylation is 2. The number of thiophene rings is 1. The number of hydrogen-bond donors (Lipinski definition) is 1. The Kier molecular flexibility index (Phi) is 4.94. The average molecular weight is 374 g/mol. The molecule has 1 aliphatic heterocycles. The number of fused-ring (bicyclic) bond motifs is 1. The van der Waals surface area contributed by atoms with Crippen LogP contribution in [-0.2, 0) is 4.79 Å². The third kappa shape index (κ3) is 3.70. The summed E-state index contributed by atoms with van der Waals surface area (Å²) in [5, 5.41) is 14.1. The maximum atomic E-state index is 12.2. The van der Waals surface area contributed by atoms with Gasteiger partial charge in [-0.3, -0.25) is 14.9 Å². The van der Waals surface area contributed by atoms with Crippen molar-refractivity contribution in [3.63, 3.8) is 0 Å². The summed E-state index contributed by atoms with van der Waals surface area (Å²) in [4.78, 5) is 25.3. The summed E-state index contributed by atoms with van der Waals surface area (Å²) in [6.07, 6.45) is 2.70. The van der Waals surface area contributed by atoms with Crippen molar-refractivity contribution < 1.29 is 19.2 Å². The lowest BCUT2D eigenvalue weighted by Gasteiger charge is -2.12. The molecule has 1 amide bonds. The molecule has 1 aliphatic rings. The fourth-order valence-corrected chi connectivity index (χ4v) is 3.85. The van der Waals surface area contributed by atoms with Crippen LogP contribution < -0.4 is 14.8 Å².